The number of anilines is 1. The normalized spacial score (nSPS) is 15.4. The molecule has 39 heavy (non-hydrogen) atoms. The summed E-state index contributed by atoms with van der Waals surface area (Å²) in [5.41, 5.74) is 1.13. The molecule has 1 atom stereocenters. The van der Waals surface area contributed by atoms with Crippen LogP contribution >= 0.6 is 0 Å². The minimum atomic E-state index is -1.11. The van der Waals surface area contributed by atoms with Crippen LogP contribution in [0.2, 0.25) is 0 Å². The van der Waals surface area contributed by atoms with Gasteiger partial charge in [-0.25, -0.2) is 4.39 Å². The van der Waals surface area contributed by atoms with Crippen LogP contribution in [-0.4, -0.2) is 45.3 Å². The van der Waals surface area contributed by atoms with Crippen LogP contribution in [-0.2, 0) is 4.79 Å². The topological polar surface area (TPSA) is 86.3 Å². The van der Waals surface area contributed by atoms with Crippen molar-refractivity contribution in [2.75, 3.05) is 32.3 Å². The Bertz CT molecular complexity index is 1320. The van der Waals surface area contributed by atoms with Gasteiger partial charge in [0.2, 0.25) is 5.91 Å². The molecule has 2 amide bonds. The summed E-state index contributed by atoms with van der Waals surface area (Å²) < 4.78 is 36.2. The number of hydrogen-bond donors (Lipinski definition) is 1. The fraction of sp³-hybridized carbons (Fsp3) is 0.333. The van der Waals surface area contributed by atoms with Crippen LogP contribution in [0.1, 0.15) is 47.6 Å². The van der Waals surface area contributed by atoms with Crippen LogP contribution in [0.15, 0.2) is 60.7 Å². The summed E-state index contributed by atoms with van der Waals surface area (Å²) >= 11 is 0. The first-order valence-electron chi connectivity index (χ1n) is 13.0. The number of methoxy groups -OCH3 is 2. The molecule has 204 valence electrons. The highest BCUT2D eigenvalue weighted by Crippen LogP contribution is 2.37. The molecule has 0 spiro atoms. The zero-order valence-corrected chi connectivity index (χ0v) is 21.9. The number of rotatable bonds is 8. The van der Waals surface area contributed by atoms with E-state index in [-0.39, 0.29) is 11.9 Å². The molecule has 1 aliphatic heterocycles. The first-order valence-corrected chi connectivity index (χ1v) is 13.0. The summed E-state index contributed by atoms with van der Waals surface area (Å²) in [4.78, 5) is 29.7. The number of benzene rings is 3. The Morgan fingerprint density at radius 2 is 1.54 bits per heavy atom. The molecule has 1 N–H and O–H groups in total. The van der Waals surface area contributed by atoms with Gasteiger partial charge in [-0.3, -0.25) is 14.5 Å². The third-order valence-electron chi connectivity index (χ3n) is 7.02. The van der Waals surface area contributed by atoms with Gasteiger partial charge in [-0.2, -0.15) is 0 Å². The smallest absolute Gasteiger partial charge is 0.259 e. The molecule has 0 bridgehead atoms. The maximum atomic E-state index is 14.3. The lowest BCUT2D eigenvalue weighted by Gasteiger charge is -2.33. The highest BCUT2D eigenvalue weighted by atomic mass is 19.1. The molecule has 2 aliphatic rings. The van der Waals surface area contributed by atoms with Crippen LogP contribution in [0, 0.1) is 5.82 Å². The lowest BCUT2D eigenvalue weighted by Crippen LogP contribution is -2.46. The molecule has 1 unspecified atom stereocenters. The number of carbonyl (C=O) groups is 2. The third-order valence-corrected chi connectivity index (χ3v) is 7.02. The molecule has 3 aromatic carbocycles. The van der Waals surface area contributed by atoms with E-state index in [1.807, 2.05) is 0 Å². The number of carbonyl (C=O) groups excluding carboxylic acids is 2. The van der Waals surface area contributed by atoms with Gasteiger partial charge in [0.05, 0.1) is 19.9 Å². The van der Waals surface area contributed by atoms with Crippen molar-refractivity contribution in [2.45, 2.75) is 37.8 Å². The number of amides is 2. The molecular weight excluding hydrogens is 503 g/mol. The second-order valence-corrected chi connectivity index (χ2v) is 9.55. The van der Waals surface area contributed by atoms with E-state index in [9.17, 15) is 14.0 Å². The summed E-state index contributed by atoms with van der Waals surface area (Å²) in [6, 6.07) is 14.4. The monoisotopic (exact) mass is 534 g/mol. The van der Waals surface area contributed by atoms with Crippen molar-refractivity contribution < 1.29 is 32.9 Å². The minimum absolute atomic E-state index is 0.00605. The molecule has 1 fully saturated rings. The second kappa shape index (κ2) is 11.6. The van der Waals surface area contributed by atoms with Gasteiger partial charge in [-0.05, 0) is 48.7 Å². The minimum Gasteiger partial charge on any atom is -0.497 e. The van der Waals surface area contributed by atoms with E-state index in [0.717, 1.165) is 25.7 Å². The molecule has 5 rings (SSSR count). The Kier molecular flexibility index (Phi) is 7.86. The van der Waals surface area contributed by atoms with Gasteiger partial charge in [0.25, 0.3) is 5.91 Å². The van der Waals surface area contributed by atoms with E-state index in [1.165, 1.54) is 43.4 Å². The van der Waals surface area contributed by atoms with Crippen molar-refractivity contribution in [3.8, 4) is 23.0 Å². The van der Waals surface area contributed by atoms with Crippen molar-refractivity contribution in [3.05, 3.63) is 77.6 Å². The van der Waals surface area contributed by atoms with E-state index in [0.29, 0.717) is 53.0 Å². The molecule has 0 radical (unpaired) electrons. The second-order valence-electron chi connectivity index (χ2n) is 9.55. The molecular formula is C30H31FN2O6. The summed E-state index contributed by atoms with van der Waals surface area (Å²) in [6.07, 6.45) is 3.79. The van der Waals surface area contributed by atoms with Crippen molar-refractivity contribution >= 4 is 17.5 Å². The molecule has 9 heteroatoms. The van der Waals surface area contributed by atoms with Crippen molar-refractivity contribution in [3.63, 3.8) is 0 Å². The molecule has 0 aromatic heterocycles. The zero-order valence-electron chi connectivity index (χ0n) is 21.9. The first-order chi connectivity index (χ1) is 19.0. The molecule has 0 saturated heterocycles. The Hall–Kier alpha value is -4.27. The van der Waals surface area contributed by atoms with Crippen molar-refractivity contribution in [1.29, 1.82) is 0 Å². The summed E-state index contributed by atoms with van der Waals surface area (Å²) in [7, 11) is 3.02. The Balaban J connectivity index is 1.65. The molecule has 1 aliphatic carbocycles. The fourth-order valence-corrected chi connectivity index (χ4v) is 5.04. The van der Waals surface area contributed by atoms with Crippen molar-refractivity contribution in [1.82, 2.24) is 5.32 Å². The number of fused-ring (bicyclic) bond motifs is 1. The highest BCUT2D eigenvalue weighted by molar-refractivity contribution is 6.10. The molecule has 8 nitrogen and oxygen atoms in total. The van der Waals surface area contributed by atoms with Crippen LogP contribution in [0.4, 0.5) is 10.1 Å². The predicted molar refractivity (Wildman–Crippen MR) is 143 cm³/mol. The predicted octanol–water partition coefficient (Wildman–Crippen LogP) is 5.06. The molecule has 1 saturated carbocycles. The van der Waals surface area contributed by atoms with E-state index in [2.05, 4.69) is 5.32 Å². The van der Waals surface area contributed by atoms with E-state index in [1.54, 1.807) is 36.4 Å². The average Bonchev–Trinajstić information content (AvgIpc) is 3.48. The summed E-state index contributed by atoms with van der Waals surface area (Å²) in [5, 5.41) is 3.12. The standard InChI is InChI=1S/C30H31FN2O6/c1-36-24-16-23(17-25(18-24)37-2)33(30(35)20-9-12-26-27(15-20)39-14-13-38-26)28(19-7-10-21(31)11-8-19)29(34)32-22-5-3-4-6-22/h7-12,15-18,22,28H,3-6,13-14H2,1-2H3,(H,32,34). The van der Waals surface area contributed by atoms with Crippen LogP contribution < -0.4 is 29.2 Å². The first kappa shape index (κ1) is 26.3. The quantitative estimate of drug-likeness (QED) is 0.435. The van der Waals surface area contributed by atoms with Gasteiger partial charge >= 0.3 is 0 Å². The lowest BCUT2D eigenvalue weighted by molar-refractivity contribution is -0.123. The SMILES string of the molecule is COc1cc(OC)cc(N(C(=O)c2ccc3c(c2)OCCO3)C(C(=O)NC2CCCC2)c2ccc(F)cc2)c1. The van der Waals surface area contributed by atoms with E-state index in [4.69, 9.17) is 18.9 Å². The maximum Gasteiger partial charge on any atom is 0.259 e. The Morgan fingerprint density at radius 1 is 0.897 bits per heavy atom. The Morgan fingerprint density at radius 3 is 2.18 bits per heavy atom. The molecule has 3 aromatic rings. The third kappa shape index (κ3) is 5.77. The van der Waals surface area contributed by atoms with Crippen LogP contribution in [0.5, 0.6) is 23.0 Å². The molecule has 1 heterocycles. The largest absolute Gasteiger partial charge is 0.497 e. The lowest BCUT2D eigenvalue weighted by atomic mass is 10.0. The van der Waals surface area contributed by atoms with Crippen molar-refractivity contribution in [2.24, 2.45) is 0 Å². The van der Waals surface area contributed by atoms with Gasteiger partial charge in [-0.15, -0.1) is 0 Å². The number of hydrogen-bond acceptors (Lipinski definition) is 6. The number of nitrogens with one attached hydrogen (secondary N) is 1. The van der Waals surface area contributed by atoms with Crippen LogP contribution in [0.25, 0.3) is 0 Å². The summed E-state index contributed by atoms with van der Waals surface area (Å²) in [6.45, 7) is 0.785. The highest BCUT2D eigenvalue weighted by Gasteiger charge is 2.36. The van der Waals surface area contributed by atoms with Gasteiger partial charge < -0.3 is 24.3 Å². The van der Waals surface area contributed by atoms with E-state index < -0.39 is 17.8 Å². The summed E-state index contributed by atoms with van der Waals surface area (Å²) in [5.74, 6) is 0.614. The Labute approximate surface area is 226 Å². The van der Waals surface area contributed by atoms with Crippen LogP contribution in [0.3, 0.4) is 0 Å². The number of nitrogens with zero attached hydrogens (tertiary/aromatic N) is 1. The maximum absolute atomic E-state index is 14.3. The average molecular weight is 535 g/mol. The fourth-order valence-electron chi connectivity index (χ4n) is 5.04. The van der Waals surface area contributed by atoms with E-state index >= 15 is 0 Å². The van der Waals surface area contributed by atoms with Gasteiger partial charge in [-0.1, -0.05) is 25.0 Å². The zero-order chi connectivity index (χ0) is 27.4. The van der Waals surface area contributed by atoms with Gasteiger partial charge in [0.15, 0.2) is 11.5 Å². The number of ether oxygens (including phenoxy) is 4. The van der Waals surface area contributed by atoms with Gasteiger partial charge in [0.1, 0.15) is 36.6 Å². The number of halogens is 1. The van der Waals surface area contributed by atoms with Gasteiger partial charge in [0, 0.05) is 29.8 Å².